The summed E-state index contributed by atoms with van der Waals surface area (Å²) in [5, 5.41) is 0. The van der Waals surface area contributed by atoms with E-state index in [4.69, 9.17) is 11.6 Å². The highest BCUT2D eigenvalue weighted by Gasteiger charge is 2.31. The SMILES string of the molecule is CCN1c2ccccc2N(CC)C1Cl. The minimum absolute atomic E-state index is 0.0256. The van der Waals surface area contributed by atoms with E-state index in [1.165, 1.54) is 11.4 Å². The van der Waals surface area contributed by atoms with Gasteiger partial charge in [0.25, 0.3) is 0 Å². The number of benzene rings is 1. The number of para-hydroxylation sites is 2. The molecule has 14 heavy (non-hydrogen) atoms. The molecule has 0 saturated heterocycles. The Balaban J connectivity index is 2.45. The zero-order valence-electron chi connectivity index (χ0n) is 8.57. The Hall–Kier alpha value is -0.890. The molecule has 1 aliphatic rings. The highest BCUT2D eigenvalue weighted by Crippen LogP contribution is 2.40. The van der Waals surface area contributed by atoms with Crippen LogP contribution in [0.3, 0.4) is 0 Å². The van der Waals surface area contributed by atoms with Crippen molar-refractivity contribution in [3.8, 4) is 0 Å². The lowest BCUT2D eigenvalue weighted by molar-refractivity contribution is 0.747. The van der Waals surface area contributed by atoms with Gasteiger partial charge in [0.05, 0.1) is 11.4 Å². The Labute approximate surface area is 90.1 Å². The lowest BCUT2D eigenvalue weighted by atomic mass is 10.2. The first kappa shape index (κ1) is 9.66. The van der Waals surface area contributed by atoms with Crippen LogP contribution in [0.1, 0.15) is 13.8 Å². The fourth-order valence-electron chi connectivity index (χ4n) is 1.99. The van der Waals surface area contributed by atoms with E-state index in [1.807, 2.05) is 0 Å². The summed E-state index contributed by atoms with van der Waals surface area (Å²) in [6, 6.07) is 8.38. The molecule has 3 heteroatoms. The van der Waals surface area contributed by atoms with Crippen LogP contribution < -0.4 is 9.80 Å². The monoisotopic (exact) mass is 210 g/mol. The molecule has 0 unspecified atom stereocenters. The molecule has 0 atom stereocenters. The third kappa shape index (κ3) is 1.25. The van der Waals surface area contributed by atoms with Gasteiger partial charge in [0.15, 0.2) is 5.62 Å². The number of nitrogens with zero attached hydrogens (tertiary/aromatic N) is 2. The second kappa shape index (κ2) is 3.70. The quantitative estimate of drug-likeness (QED) is 0.547. The van der Waals surface area contributed by atoms with Crippen molar-refractivity contribution < 1.29 is 0 Å². The van der Waals surface area contributed by atoms with Crippen LogP contribution in [0, 0.1) is 0 Å². The molecule has 0 radical (unpaired) electrons. The molecular weight excluding hydrogens is 196 g/mol. The van der Waals surface area contributed by atoms with Crippen molar-refractivity contribution in [2.75, 3.05) is 22.9 Å². The third-order valence-electron chi connectivity index (χ3n) is 2.70. The molecule has 2 nitrogen and oxygen atoms in total. The highest BCUT2D eigenvalue weighted by molar-refractivity contribution is 6.24. The van der Waals surface area contributed by atoms with Crippen molar-refractivity contribution in [2.24, 2.45) is 0 Å². The molecule has 0 saturated carbocycles. The van der Waals surface area contributed by atoms with Crippen LogP contribution in [0.15, 0.2) is 24.3 Å². The predicted octanol–water partition coefficient (Wildman–Crippen LogP) is 2.88. The minimum atomic E-state index is -0.0256. The number of halogens is 1. The van der Waals surface area contributed by atoms with Crippen molar-refractivity contribution >= 4 is 23.0 Å². The molecule has 1 aromatic rings. The lowest BCUT2D eigenvalue weighted by Crippen LogP contribution is -2.38. The predicted molar refractivity (Wildman–Crippen MR) is 62.1 cm³/mol. The normalized spacial score (nSPS) is 16.2. The molecule has 0 aromatic heterocycles. The maximum Gasteiger partial charge on any atom is 0.180 e. The van der Waals surface area contributed by atoms with E-state index in [0.29, 0.717) is 0 Å². The third-order valence-corrected chi connectivity index (χ3v) is 3.17. The number of fused-ring (bicyclic) bond motifs is 1. The van der Waals surface area contributed by atoms with E-state index in [0.717, 1.165) is 13.1 Å². The van der Waals surface area contributed by atoms with E-state index < -0.39 is 0 Å². The second-order valence-electron chi connectivity index (χ2n) is 3.37. The maximum absolute atomic E-state index is 6.36. The molecular formula is C11H15ClN2. The van der Waals surface area contributed by atoms with Crippen LogP contribution in [0.4, 0.5) is 11.4 Å². The first-order valence-corrected chi connectivity index (χ1v) is 5.49. The van der Waals surface area contributed by atoms with Gasteiger partial charge >= 0.3 is 0 Å². The summed E-state index contributed by atoms with van der Waals surface area (Å²) in [4.78, 5) is 4.42. The fraction of sp³-hybridized carbons (Fsp3) is 0.455. The van der Waals surface area contributed by atoms with Crippen LogP contribution in [0.2, 0.25) is 0 Å². The zero-order chi connectivity index (χ0) is 10.1. The molecule has 0 amide bonds. The van der Waals surface area contributed by atoms with Crippen LogP contribution in [0.5, 0.6) is 0 Å². The molecule has 76 valence electrons. The largest absolute Gasteiger partial charge is 0.337 e. The summed E-state index contributed by atoms with van der Waals surface area (Å²) in [5.41, 5.74) is 2.47. The van der Waals surface area contributed by atoms with E-state index in [1.54, 1.807) is 0 Å². The standard InChI is InChI=1S/C11H15ClN2/c1-3-13-9-7-5-6-8-10(9)14(4-2)11(13)12/h5-8,11H,3-4H2,1-2H3. The summed E-state index contributed by atoms with van der Waals surface area (Å²) in [7, 11) is 0. The molecule has 1 aromatic carbocycles. The molecule has 1 heterocycles. The van der Waals surface area contributed by atoms with Gasteiger partial charge in [-0.25, -0.2) is 0 Å². The Morgan fingerprint density at radius 3 is 1.86 bits per heavy atom. The van der Waals surface area contributed by atoms with Crippen molar-refractivity contribution in [2.45, 2.75) is 19.5 Å². The molecule has 2 rings (SSSR count). The molecule has 0 N–H and O–H groups in total. The number of anilines is 2. The maximum atomic E-state index is 6.36. The lowest BCUT2D eigenvalue weighted by Gasteiger charge is -2.25. The van der Waals surface area contributed by atoms with Gasteiger partial charge in [-0.15, -0.1) is 0 Å². The van der Waals surface area contributed by atoms with Gasteiger partial charge in [0.2, 0.25) is 0 Å². The van der Waals surface area contributed by atoms with Gasteiger partial charge in [0.1, 0.15) is 0 Å². The Morgan fingerprint density at radius 1 is 1.07 bits per heavy atom. The number of hydrogen-bond donors (Lipinski definition) is 0. The Morgan fingerprint density at radius 2 is 1.50 bits per heavy atom. The van der Waals surface area contributed by atoms with Gasteiger partial charge in [-0.2, -0.15) is 0 Å². The summed E-state index contributed by atoms with van der Waals surface area (Å²) < 4.78 is 0. The van der Waals surface area contributed by atoms with Crippen LogP contribution in [-0.2, 0) is 0 Å². The minimum Gasteiger partial charge on any atom is -0.337 e. The zero-order valence-corrected chi connectivity index (χ0v) is 9.33. The van der Waals surface area contributed by atoms with Gasteiger partial charge < -0.3 is 9.80 Å². The molecule has 0 spiro atoms. The smallest absolute Gasteiger partial charge is 0.180 e. The van der Waals surface area contributed by atoms with Crippen LogP contribution in [-0.4, -0.2) is 18.7 Å². The van der Waals surface area contributed by atoms with Crippen molar-refractivity contribution in [3.63, 3.8) is 0 Å². The summed E-state index contributed by atoms with van der Waals surface area (Å²) in [6.45, 7) is 6.15. The number of hydrogen-bond acceptors (Lipinski definition) is 2. The fourth-order valence-corrected chi connectivity index (χ4v) is 2.48. The first-order chi connectivity index (χ1) is 6.79. The van der Waals surface area contributed by atoms with Gasteiger partial charge in [0, 0.05) is 13.1 Å². The molecule has 0 aliphatic carbocycles. The molecule has 0 fully saturated rings. The summed E-state index contributed by atoms with van der Waals surface area (Å²) in [6.07, 6.45) is 0. The van der Waals surface area contributed by atoms with E-state index >= 15 is 0 Å². The molecule has 0 bridgehead atoms. The van der Waals surface area contributed by atoms with Crippen LogP contribution in [0.25, 0.3) is 0 Å². The number of rotatable bonds is 2. The van der Waals surface area contributed by atoms with E-state index in [-0.39, 0.29) is 5.62 Å². The van der Waals surface area contributed by atoms with Gasteiger partial charge in [-0.1, -0.05) is 23.7 Å². The van der Waals surface area contributed by atoms with E-state index in [9.17, 15) is 0 Å². The first-order valence-electron chi connectivity index (χ1n) is 5.06. The Kier molecular flexibility index (Phi) is 2.55. The topological polar surface area (TPSA) is 6.48 Å². The van der Waals surface area contributed by atoms with Crippen molar-refractivity contribution in [1.29, 1.82) is 0 Å². The Bertz CT molecular complexity index is 296. The molecule has 1 aliphatic heterocycles. The van der Waals surface area contributed by atoms with Crippen molar-refractivity contribution in [1.82, 2.24) is 0 Å². The summed E-state index contributed by atoms with van der Waals surface area (Å²) in [5.74, 6) is 0. The average Bonchev–Trinajstić information content (AvgIpc) is 2.49. The van der Waals surface area contributed by atoms with Crippen molar-refractivity contribution in [3.05, 3.63) is 24.3 Å². The van der Waals surface area contributed by atoms with Crippen LogP contribution >= 0.6 is 11.6 Å². The van der Waals surface area contributed by atoms with E-state index in [2.05, 4.69) is 47.9 Å². The number of alkyl halides is 1. The second-order valence-corrected chi connectivity index (χ2v) is 3.76. The summed E-state index contributed by atoms with van der Waals surface area (Å²) >= 11 is 6.36. The van der Waals surface area contributed by atoms with Gasteiger partial charge in [-0.05, 0) is 26.0 Å². The highest BCUT2D eigenvalue weighted by atomic mass is 35.5. The van der Waals surface area contributed by atoms with Gasteiger partial charge in [-0.3, -0.25) is 0 Å². The average molecular weight is 211 g/mol.